The SMILES string of the molecule is Cc1cc(C)c(COc2cccc(Cl)c2CO)c(C)c1. The molecule has 0 aliphatic heterocycles. The van der Waals surface area contributed by atoms with Gasteiger partial charge in [0.05, 0.1) is 6.61 Å². The molecule has 0 saturated heterocycles. The van der Waals surface area contributed by atoms with Gasteiger partial charge in [-0.3, -0.25) is 0 Å². The largest absolute Gasteiger partial charge is 0.488 e. The Morgan fingerprint density at radius 3 is 2.30 bits per heavy atom. The van der Waals surface area contributed by atoms with Crippen LogP contribution in [0.3, 0.4) is 0 Å². The summed E-state index contributed by atoms with van der Waals surface area (Å²) in [6, 6.07) is 9.71. The van der Waals surface area contributed by atoms with Gasteiger partial charge >= 0.3 is 0 Å². The van der Waals surface area contributed by atoms with E-state index >= 15 is 0 Å². The van der Waals surface area contributed by atoms with Gasteiger partial charge < -0.3 is 9.84 Å². The van der Waals surface area contributed by atoms with Gasteiger partial charge in [0.25, 0.3) is 0 Å². The molecular weight excluding hydrogens is 272 g/mol. The highest BCUT2D eigenvalue weighted by atomic mass is 35.5. The minimum atomic E-state index is -0.124. The summed E-state index contributed by atoms with van der Waals surface area (Å²) >= 11 is 6.05. The van der Waals surface area contributed by atoms with E-state index in [0.717, 1.165) is 0 Å². The lowest BCUT2D eigenvalue weighted by Gasteiger charge is -2.15. The number of benzene rings is 2. The highest BCUT2D eigenvalue weighted by Gasteiger charge is 2.09. The predicted octanol–water partition coefficient (Wildman–Crippen LogP) is 4.34. The molecule has 0 fully saturated rings. The van der Waals surface area contributed by atoms with Crippen molar-refractivity contribution in [1.82, 2.24) is 0 Å². The van der Waals surface area contributed by atoms with Crippen molar-refractivity contribution in [3.8, 4) is 5.75 Å². The molecule has 0 spiro atoms. The van der Waals surface area contributed by atoms with Gasteiger partial charge in [-0.1, -0.05) is 35.4 Å². The minimum absolute atomic E-state index is 0.124. The van der Waals surface area contributed by atoms with Crippen molar-refractivity contribution in [3.05, 3.63) is 63.2 Å². The van der Waals surface area contributed by atoms with E-state index in [2.05, 4.69) is 32.9 Å². The molecule has 0 unspecified atom stereocenters. The molecule has 0 bridgehead atoms. The van der Waals surface area contributed by atoms with Gasteiger partial charge in [0.1, 0.15) is 12.4 Å². The van der Waals surface area contributed by atoms with Gasteiger partial charge in [-0.2, -0.15) is 0 Å². The van der Waals surface area contributed by atoms with Crippen LogP contribution in [-0.2, 0) is 13.2 Å². The summed E-state index contributed by atoms with van der Waals surface area (Å²) in [6.45, 7) is 6.62. The van der Waals surface area contributed by atoms with Crippen LogP contribution in [0, 0.1) is 20.8 Å². The number of hydrogen-bond donors (Lipinski definition) is 1. The molecule has 1 N–H and O–H groups in total. The molecule has 0 aliphatic rings. The summed E-state index contributed by atoms with van der Waals surface area (Å²) in [5.41, 5.74) is 5.50. The Morgan fingerprint density at radius 1 is 1.05 bits per heavy atom. The van der Waals surface area contributed by atoms with E-state index in [1.165, 1.54) is 22.3 Å². The van der Waals surface area contributed by atoms with E-state index in [0.29, 0.717) is 22.9 Å². The second kappa shape index (κ2) is 6.29. The lowest BCUT2D eigenvalue weighted by Crippen LogP contribution is -2.03. The maximum Gasteiger partial charge on any atom is 0.126 e. The van der Waals surface area contributed by atoms with Crippen molar-refractivity contribution < 1.29 is 9.84 Å². The van der Waals surface area contributed by atoms with E-state index in [1.807, 2.05) is 12.1 Å². The fourth-order valence-corrected chi connectivity index (χ4v) is 2.64. The maximum atomic E-state index is 9.38. The van der Waals surface area contributed by atoms with Gasteiger partial charge in [-0.05, 0) is 49.6 Å². The topological polar surface area (TPSA) is 29.5 Å². The zero-order valence-electron chi connectivity index (χ0n) is 12.0. The average molecular weight is 291 g/mol. The van der Waals surface area contributed by atoms with Crippen LogP contribution < -0.4 is 4.74 Å². The van der Waals surface area contributed by atoms with E-state index < -0.39 is 0 Å². The Morgan fingerprint density at radius 2 is 1.70 bits per heavy atom. The summed E-state index contributed by atoms with van der Waals surface area (Å²) < 4.78 is 5.85. The van der Waals surface area contributed by atoms with Gasteiger partial charge in [-0.15, -0.1) is 0 Å². The smallest absolute Gasteiger partial charge is 0.126 e. The molecule has 0 atom stereocenters. The highest BCUT2D eigenvalue weighted by molar-refractivity contribution is 6.31. The van der Waals surface area contributed by atoms with Crippen molar-refractivity contribution in [1.29, 1.82) is 0 Å². The summed E-state index contributed by atoms with van der Waals surface area (Å²) in [5, 5.41) is 9.91. The number of hydrogen-bond acceptors (Lipinski definition) is 2. The molecule has 2 aromatic rings. The Balaban J connectivity index is 2.24. The fraction of sp³-hybridized carbons (Fsp3) is 0.294. The molecule has 2 rings (SSSR count). The first-order chi connectivity index (χ1) is 9.52. The third-order valence-corrected chi connectivity index (χ3v) is 3.80. The van der Waals surface area contributed by atoms with Crippen molar-refractivity contribution in [2.24, 2.45) is 0 Å². The lowest BCUT2D eigenvalue weighted by atomic mass is 10.0. The van der Waals surface area contributed by atoms with E-state index in [9.17, 15) is 5.11 Å². The molecule has 106 valence electrons. The third-order valence-electron chi connectivity index (χ3n) is 3.45. The number of aliphatic hydroxyl groups excluding tert-OH is 1. The van der Waals surface area contributed by atoms with Gasteiger partial charge in [0.15, 0.2) is 0 Å². The van der Waals surface area contributed by atoms with Crippen LogP contribution in [0.2, 0.25) is 5.02 Å². The third kappa shape index (κ3) is 3.14. The van der Waals surface area contributed by atoms with Crippen molar-refractivity contribution in [2.45, 2.75) is 34.0 Å². The van der Waals surface area contributed by atoms with Crippen LogP contribution in [-0.4, -0.2) is 5.11 Å². The normalized spacial score (nSPS) is 10.7. The minimum Gasteiger partial charge on any atom is -0.488 e. The predicted molar refractivity (Wildman–Crippen MR) is 82.4 cm³/mol. The number of halogens is 1. The maximum absolute atomic E-state index is 9.38. The first-order valence-corrected chi connectivity index (χ1v) is 6.98. The standard InChI is InChI=1S/C17H19ClO2/c1-11-7-12(2)15(13(3)8-11)10-20-17-6-4-5-16(18)14(17)9-19/h4-8,19H,9-10H2,1-3H3. The van der Waals surface area contributed by atoms with E-state index in [1.54, 1.807) is 6.07 Å². The molecule has 0 saturated carbocycles. The number of aryl methyl sites for hydroxylation is 3. The first-order valence-electron chi connectivity index (χ1n) is 6.60. The van der Waals surface area contributed by atoms with Crippen LogP contribution >= 0.6 is 11.6 Å². The van der Waals surface area contributed by atoms with E-state index in [4.69, 9.17) is 16.3 Å². The average Bonchev–Trinajstić information content (AvgIpc) is 2.37. The number of rotatable bonds is 4. The fourth-order valence-electron chi connectivity index (χ4n) is 2.42. The molecule has 0 aromatic heterocycles. The van der Waals surface area contributed by atoms with Crippen molar-refractivity contribution >= 4 is 11.6 Å². The zero-order valence-corrected chi connectivity index (χ0v) is 12.8. The summed E-state index contributed by atoms with van der Waals surface area (Å²) in [5.74, 6) is 0.638. The van der Waals surface area contributed by atoms with Crippen molar-refractivity contribution in [2.75, 3.05) is 0 Å². The van der Waals surface area contributed by atoms with E-state index in [-0.39, 0.29) is 6.61 Å². The molecular formula is C17H19ClO2. The van der Waals surface area contributed by atoms with Crippen molar-refractivity contribution in [3.63, 3.8) is 0 Å². The lowest BCUT2D eigenvalue weighted by molar-refractivity contribution is 0.258. The summed E-state index contributed by atoms with van der Waals surface area (Å²) in [6.07, 6.45) is 0. The number of aliphatic hydroxyl groups is 1. The van der Waals surface area contributed by atoms with Crippen LogP contribution in [0.15, 0.2) is 30.3 Å². The van der Waals surface area contributed by atoms with Crippen LogP contribution in [0.25, 0.3) is 0 Å². The second-order valence-electron chi connectivity index (χ2n) is 5.04. The molecule has 2 nitrogen and oxygen atoms in total. The summed E-state index contributed by atoms with van der Waals surface area (Å²) in [4.78, 5) is 0. The molecule has 0 aliphatic carbocycles. The van der Waals surface area contributed by atoms with Gasteiger partial charge in [-0.25, -0.2) is 0 Å². The van der Waals surface area contributed by atoms with Crippen LogP contribution in [0.1, 0.15) is 27.8 Å². The molecule has 2 aromatic carbocycles. The molecule has 3 heteroatoms. The Hall–Kier alpha value is -1.51. The molecule has 0 radical (unpaired) electrons. The molecule has 0 amide bonds. The quantitative estimate of drug-likeness (QED) is 0.908. The second-order valence-corrected chi connectivity index (χ2v) is 5.45. The molecule has 20 heavy (non-hydrogen) atoms. The first kappa shape index (κ1) is 14.9. The Labute approximate surface area is 125 Å². The van der Waals surface area contributed by atoms with Gasteiger partial charge in [0.2, 0.25) is 0 Å². The monoisotopic (exact) mass is 290 g/mol. The molecule has 0 heterocycles. The Kier molecular flexibility index (Phi) is 4.69. The zero-order chi connectivity index (χ0) is 14.7. The number of ether oxygens (including phenoxy) is 1. The van der Waals surface area contributed by atoms with Crippen LogP contribution in [0.5, 0.6) is 5.75 Å². The Bertz CT molecular complexity index is 597. The van der Waals surface area contributed by atoms with Gasteiger partial charge in [0, 0.05) is 10.6 Å². The summed E-state index contributed by atoms with van der Waals surface area (Å²) in [7, 11) is 0. The van der Waals surface area contributed by atoms with Crippen LogP contribution in [0.4, 0.5) is 0 Å². The highest BCUT2D eigenvalue weighted by Crippen LogP contribution is 2.28.